The van der Waals surface area contributed by atoms with E-state index in [1.807, 2.05) is 6.07 Å². The number of hydrogen-bond donors (Lipinski definition) is 1. The first kappa shape index (κ1) is 8.55. The Hall–Kier alpha value is -0.550. The summed E-state index contributed by atoms with van der Waals surface area (Å²) in [5.74, 6) is -0.963. The Morgan fingerprint density at radius 2 is 2.45 bits per heavy atom. The van der Waals surface area contributed by atoms with Crippen molar-refractivity contribution in [3.8, 4) is 5.06 Å². The normalized spacial score (nSPS) is 9.55. The number of ether oxygens (including phenoxy) is 1. The summed E-state index contributed by atoms with van der Waals surface area (Å²) >= 11 is 4.59. The van der Waals surface area contributed by atoms with Gasteiger partial charge in [0.15, 0.2) is 11.7 Å². The molecule has 0 aliphatic rings. The molecular formula is C6H5BrO3S. The summed E-state index contributed by atoms with van der Waals surface area (Å²) in [5, 5.41) is 8.86. The van der Waals surface area contributed by atoms with Crippen LogP contribution in [0.2, 0.25) is 0 Å². The van der Waals surface area contributed by atoms with Gasteiger partial charge in [0.25, 0.3) is 0 Å². The molecular weight excluding hydrogens is 232 g/mol. The van der Waals surface area contributed by atoms with Crippen LogP contribution in [-0.2, 0) is 4.79 Å². The molecule has 0 amide bonds. The maximum Gasteiger partial charge on any atom is 0.341 e. The molecule has 0 fully saturated rings. The number of aliphatic carboxylic acids is 1. The minimum atomic E-state index is -0.963. The van der Waals surface area contributed by atoms with Crippen LogP contribution in [-0.4, -0.2) is 17.7 Å². The molecule has 0 aliphatic carbocycles. The molecule has 3 nitrogen and oxygen atoms in total. The van der Waals surface area contributed by atoms with Crippen molar-refractivity contribution in [1.29, 1.82) is 0 Å². The van der Waals surface area contributed by atoms with Gasteiger partial charge in [-0.3, -0.25) is 0 Å². The zero-order valence-corrected chi connectivity index (χ0v) is 7.81. The summed E-state index contributed by atoms with van der Waals surface area (Å²) in [6.07, 6.45) is 0. The van der Waals surface area contributed by atoms with Gasteiger partial charge in [0, 0.05) is 0 Å². The van der Waals surface area contributed by atoms with Gasteiger partial charge in [-0.15, -0.1) is 0 Å². The highest BCUT2D eigenvalue weighted by molar-refractivity contribution is 9.11. The van der Waals surface area contributed by atoms with Crippen LogP contribution in [0.4, 0.5) is 0 Å². The molecule has 0 aromatic carbocycles. The second-order valence-corrected chi connectivity index (χ2v) is 4.17. The molecule has 11 heavy (non-hydrogen) atoms. The molecule has 0 aliphatic heterocycles. The minimum absolute atomic E-state index is 0.285. The fourth-order valence-corrected chi connectivity index (χ4v) is 1.70. The van der Waals surface area contributed by atoms with E-state index in [1.54, 1.807) is 6.07 Å². The molecule has 0 saturated carbocycles. The second kappa shape index (κ2) is 3.73. The molecule has 1 aromatic rings. The first-order valence-corrected chi connectivity index (χ1v) is 4.39. The van der Waals surface area contributed by atoms with Gasteiger partial charge in [0.2, 0.25) is 0 Å². The van der Waals surface area contributed by atoms with Gasteiger partial charge in [-0.05, 0) is 28.1 Å². The summed E-state index contributed by atoms with van der Waals surface area (Å²) in [6, 6.07) is 3.53. The first-order chi connectivity index (χ1) is 5.18. The third-order valence-electron chi connectivity index (χ3n) is 0.886. The number of halogens is 1. The average Bonchev–Trinajstić information content (AvgIpc) is 2.31. The fourth-order valence-electron chi connectivity index (χ4n) is 0.508. The highest BCUT2D eigenvalue weighted by atomic mass is 79.9. The van der Waals surface area contributed by atoms with E-state index in [9.17, 15) is 4.79 Å². The molecule has 60 valence electrons. The van der Waals surface area contributed by atoms with Gasteiger partial charge in [-0.2, -0.15) is 0 Å². The van der Waals surface area contributed by atoms with Crippen molar-refractivity contribution >= 4 is 33.2 Å². The number of carboxylic acids is 1. The zero-order chi connectivity index (χ0) is 8.27. The van der Waals surface area contributed by atoms with E-state index in [-0.39, 0.29) is 6.61 Å². The number of hydrogen-bond acceptors (Lipinski definition) is 3. The Bertz CT molecular complexity index is 258. The molecule has 5 heteroatoms. The maximum absolute atomic E-state index is 10.0. The lowest BCUT2D eigenvalue weighted by atomic mass is 10.6. The summed E-state index contributed by atoms with van der Waals surface area (Å²) in [7, 11) is 0. The van der Waals surface area contributed by atoms with Crippen LogP contribution in [0.15, 0.2) is 15.9 Å². The lowest BCUT2D eigenvalue weighted by Crippen LogP contribution is -2.08. The average molecular weight is 237 g/mol. The van der Waals surface area contributed by atoms with Gasteiger partial charge < -0.3 is 9.84 Å². The van der Waals surface area contributed by atoms with E-state index >= 15 is 0 Å². The van der Waals surface area contributed by atoms with Gasteiger partial charge >= 0.3 is 5.97 Å². The Kier molecular flexibility index (Phi) is 2.90. The lowest BCUT2D eigenvalue weighted by Gasteiger charge is -1.95. The predicted molar refractivity (Wildman–Crippen MR) is 45.1 cm³/mol. The van der Waals surface area contributed by atoms with Crippen molar-refractivity contribution in [2.24, 2.45) is 0 Å². The molecule has 0 atom stereocenters. The largest absolute Gasteiger partial charge is 0.479 e. The van der Waals surface area contributed by atoms with Gasteiger partial charge in [0.05, 0.1) is 3.79 Å². The lowest BCUT2D eigenvalue weighted by molar-refractivity contribution is -0.139. The highest BCUT2D eigenvalue weighted by Crippen LogP contribution is 2.28. The monoisotopic (exact) mass is 236 g/mol. The maximum atomic E-state index is 10.0. The summed E-state index contributed by atoms with van der Waals surface area (Å²) in [4.78, 5) is 10.0. The number of thiophene rings is 1. The third-order valence-corrected chi connectivity index (χ3v) is 2.42. The van der Waals surface area contributed by atoms with E-state index in [2.05, 4.69) is 15.9 Å². The van der Waals surface area contributed by atoms with Crippen LogP contribution in [0, 0.1) is 0 Å². The SMILES string of the molecule is O=C(O)COc1ccc(Br)s1. The van der Waals surface area contributed by atoms with Crippen LogP contribution in [0.25, 0.3) is 0 Å². The molecule has 0 unspecified atom stereocenters. The second-order valence-electron chi connectivity index (χ2n) is 1.74. The van der Waals surface area contributed by atoms with Crippen molar-refractivity contribution in [3.05, 3.63) is 15.9 Å². The number of carbonyl (C=O) groups is 1. The van der Waals surface area contributed by atoms with Crippen molar-refractivity contribution in [1.82, 2.24) is 0 Å². The van der Waals surface area contributed by atoms with Crippen molar-refractivity contribution in [2.75, 3.05) is 6.61 Å². The molecule has 1 aromatic heterocycles. The standard InChI is InChI=1S/C6H5BrO3S/c7-4-1-2-6(11-4)10-3-5(8)9/h1-2H,3H2,(H,8,9). The Labute approximate surface area is 75.7 Å². The number of carboxylic acid groups (broad SMARTS) is 1. The topological polar surface area (TPSA) is 46.5 Å². The van der Waals surface area contributed by atoms with Crippen LogP contribution < -0.4 is 4.74 Å². The van der Waals surface area contributed by atoms with Crippen molar-refractivity contribution in [2.45, 2.75) is 0 Å². The predicted octanol–water partition coefficient (Wildman–Crippen LogP) is 1.97. The molecule has 0 spiro atoms. The van der Waals surface area contributed by atoms with E-state index in [4.69, 9.17) is 9.84 Å². The quantitative estimate of drug-likeness (QED) is 0.874. The van der Waals surface area contributed by atoms with Crippen LogP contribution in [0.3, 0.4) is 0 Å². The summed E-state index contributed by atoms with van der Waals surface area (Å²) < 4.78 is 5.81. The molecule has 1 rings (SSSR count). The van der Waals surface area contributed by atoms with Crippen LogP contribution in [0.5, 0.6) is 5.06 Å². The molecule has 1 heterocycles. The molecule has 1 N–H and O–H groups in total. The smallest absolute Gasteiger partial charge is 0.341 e. The third kappa shape index (κ3) is 2.90. The Balaban J connectivity index is 2.45. The first-order valence-electron chi connectivity index (χ1n) is 2.78. The van der Waals surface area contributed by atoms with Gasteiger partial charge in [-0.25, -0.2) is 4.79 Å². The van der Waals surface area contributed by atoms with Gasteiger partial charge in [0.1, 0.15) is 0 Å². The fraction of sp³-hybridized carbons (Fsp3) is 0.167. The zero-order valence-electron chi connectivity index (χ0n) is 5.41. The van der Waals surface area contributed by atoms with Gasteiger partial charge in [-0.1, -0.05) is 11.3 Å². The molecule has 0 saturated heterocycles. The number of rotatable bonds is 3. The Morgan fingerprint density at radius 1 is 1.73 bits per heavy atom. The van der Waals surface area contributed by atoms with Crippen LogP contribution >= 0.6 is 27.3 Å². The summed E-state index contributed by atoms with van der Waals surface area (Å²) in [6.45, 7) is -0.285. The molecule has 0 radical (unpaired) electrons. The van der Waals surface area contributed by atoms with E-state index in [0.717, 1.165) is 3.79 Å². The summed E-state index contributed by atoms with van der Waals surface area (Å²) in [5.41, 5.74) is 0. The van der Waals surface area contributed by atoms with E-state index in [1.165, 1.54) is 11.3 Å². The minimum Gasteiger partial charge on any atom is -0.479 e. The van der Waals surface area contributed by atoms with E-state index < -0.39 is 5.97 Å². The Morgan fingerprint density at radius 3 is 2.91 bits per heavy atom. The van der Waals surface area contributed by atoms with Crippen LogP contribution in [0.1, 0.15) is 0 Å². The van der Waals surface area contributed by atoms with Crippen molar-refractivity contribution < 1.29 is 14.6 Å². The molecule has 0 bridgehead atoms. The highest BCUT2D eigenvalue weighted by Gasteiger charge is 2.00. The van der Waals surface area contributed by atoms with E-state index in [0.29, 0.717) is 5.06 Å². The van der Waals surface area contributed by atoms with Crippen molar-refractivity contribution in [3.63, 3.8) is 0 Å².